The molecular formula is C21H26N4O7. The number of rotatable bonds is 12. The van der Waals surface area contributed by atoms with Crippen molar-refractivity contribution in [2.45, 2.75) is 39.0 Å². The molecule has 3 amide bonds. The summed E-state index contributed by atoms with van der Waals surface area (Å²) >= 11 is 0. The van der Waals surface area contributed by atoms with Crippen LogP contribution in [0.15, 0.2) is 40.8 Å². The number of unbranched alkanes of at least 4 members (excludes halogenated alkanes) is 2. The van der Waals surface area contributed by atoms with E-state index < -0.39 is 28.6 Å². The molecule has 4 N–H and O–H groups in total. The first-order valence-corrected chi connectivity index (χ1v) is 10.2. The van der Waals surface area contributed by atoms with Gasteiger partial charge in [0.05, 0.1) is 11.6 Å². The summed E-state index contributed by atoms with van der Waals surface area (Å²) in [5.41, 5.74) is 1.87. The third-order valence-electron chi connectivity index (χ3n) is 4.77. The van der Waals surface area contributed by atoms with E-state index in [1.165, 1.54) is 35.8 Å². The average molecular weight is 446 g/mol. The molecule has 0 saturated carbocycles. The maximum Gasteiger partial charge on any atom is 0.288 e. The average Bonchev–Trinajstić information content (AvgIpc) is 3.28. The number of hydroxylamine groups is 1. The third-order valence-corrected chi connectivity index (χ3v) is 4.77. The molecule has 1 heterocycles. The zero-order chi connectivity index (χ0) is 23.5. The van der Waals surface area contributed by atoms with Gasteiger partial charge in [0.15, 0.2) is 5.76 Å². The van der Waals surface area contributed by atoms with E-state index in [-0.39, 0.29) is 30.3 Å². The number of carbonyl (C=O) groups excluding carboxylic acids is 3. The van der Waals surface area contributed by atoms with Crippen molar-refractivity contribution in [3.8, 4) is 11.3 Å². The molecular weight excluding hydrogens is 420 g/mol. The van der Waals surface area contributed by atoms with Crippen molar-refractivity contribution in [1.82, 2.24) is 16.1 Å². The number of non-ortho nitro benzene ring substituents is 1. The Balaban J connectivity index is 1.91. The van der Waals surface area contributed by atoms with Crippen molar-refractivity contribution >= 4 is 23.4 Å². The van der Waals surface area contributed by atoms with Crippen LogP contribution < -0.4 is 16.1 Å². The molecule has 0 bridgehead atoms. The van der Waals surface area contributed by atoms with Crippen LogP contribution in [0.25, 0.3) is 11.3 Å². The maximum absolute atomic E-state index is 12.4. The molecule has 2 aromatic rings. The molecule has 0 saturated heterocycles. The zero-order valence-corrected chi connectivity index (χ0v) is 17.6. The predicted octanol–water partition coefficient (Wildman–Crippen LogP) is 2.75. The topological polar surface area (TPSA) is 164 Å². The Morgan fingerprint density at radius 1 is 1.16 bits per heavy atom. The molecule has 0 spiro atoms. The van der Waals surface area contributed by atoms with E-state index in [0.29, 0.717) is 12.0 Å². The number of hydrogen-bond acceptors (Lipinski definition) is 7. The largest absolute Gasteiger partial charge is 0.451 e. The number of furan rings is 1. The van der Waals surface area contributed by atoms with Crippen LogP contribution in [-0.2, 0) is 9.59 Å². The highest BCUT2D eigenvalue weighted by molar-refractivity contribution is 5.92. The molecule has 11 heteroatoms. The fourth-order valence-corrected chi connectivity index (χ4v) is 3.07. The highest BCUT2D eigenvalue weighted by Gasteiger charge is 2.21. The Morgan fingerprint density at radius 2 is 1.94 bits per heavy atom. The minimum absolute atomic E-state index is 0.0279. The van der Waals surface area contributed by atoms with Gasteiger partial charge < -0.3 is 15.1 Å². The summed E-state index contributed by atoms with van der Waals surface area (Å²) < 4.78 is 5.48. The minimum atomic E-state index is -0.657. The molecule has 0 fully saturated rings. The molecule has 0 aliphatic rings. The Morgan fingerprint density at radius 3 is 2.62 bits per heavy atom. The first kappa shape index (κ1) is 24.5. The molecule has 172 valence electrons. The van der Waals surface area contributed by atoms with Crippen molar-refractivity contribution in [1.29, 1.82) is 0 Å². The van der Waals surface area contributed by atoms with E-state index in [0.717, 1.165) is 19.3 Å². The normalized spacial score (nSPS) is 11.4. The summed E-state index contributed by atoms with van der Waals surface area (Å²) in [6.07, 6.45) is 2.94. The van der Waals surface area contributed by atoms with Gasteiger partial charge in [-0.05, 0) is 18.6 Å². The van der Waals surface area contributed by atoms with Gasteiger partial charge in [0.1, 0.15) is 5.76 Å². The van der Waals surface area contributed by atoms with Crippen LogP contribution in [0.4, 0.5) is 5.69 Å². The van der Waals surface area contributed by atoms with E-state index in [9.17, 15) is 24.5 Å². The number of amides is 3. The van der Waals surface area contributed by atoms with Gasteiger partial charge in [-0.3, -0.25) is 29.7 Å². The summed E-state index contributed by atoms with van der Waals surface area (Å²) in [5, 5.41) is 24.7. The van der Waals surface area contributed by atoms with Crippen LogP contribution in [0.5, 0.6) is 0 Å². The Labute approximate surface area is 184 Å². The van der Waals surface area contributed by atoms with Crippen LogP contribution in [0.1, 0.15) is 49.6 Å². The third kappa shape index (κ3) is 7.20. The zero-order valence-electron chi connectivity index (χ0n) is 17.6. The molecule has 1 atom stereocenters. The number of hydrogen-bond donors (Lipinski definition) is 4. The molecule has 1 aromatic heterocycles. The van der Waals surface area contributed by atoms with Crippen molar-refractivity contribution in [2.24, 2.45) is 5.92 Å². The summed E-state index contributed by atoms with van der Waals surface area (Å²) in [6.45, 7) is 1.83. The van der Waals surface area contributed by atoms with Gasteiger partial charge in [0.2, 0.25) is 11.8 Å². The molecule has 1 aromatic carbocycles. The van der Waals surface area contributed by atoms with Crippen molar-refractivity contribution in [3.63, 3.8) is 0 Å². The number of carbonyl (C=O) groups is 3. The van der Waals surface area contributed by atoms with E-state index in [2.05, 4.69) is 10.6 Å². The molecule has 0 unspecified atom stereocenters. The lowest BCUT2D eigenvalue weighted by Gasteiger charge is -2.16. The number of nitrogens with zero attached hydrogens (tertiary/aromatic N) is 1. The van der Waals surface area contributed by atoms with Crippen LogP contribution >= 0.6 is 0 Å². The minimum Gasteiger partial charge on any atom is -0.451 e. The van der Waals surface area contributed by atoms with Crippen LogP contribution in [-0.4, -0.2) is 34.5 Å². The lowest BCUT2D eigenvalue weighted by Crippen LogP contribution is -2.41. The van der Waals surface area contributed by atoms with Crippen LogP contribution in [0.2, 0.25) is 0 Å². The van der Waals surface area contributed by atoms with E-state index in [1.807, 2.05) is 6.92 Å². The Kier molecular flexibility index (Phi) is 9.36. The number of benzene rings is 1. The predicted molar refractivity (Wildman–Crippen MR) is 113 cm³/mol. The van der Waals surface area contributed by atoms with Gasteiger partial charge in [-0.15, -0.1) is 0 Å². The summed E-state index contributed by atoms with van der Waals surface area (Å²) in [4.78, 5) is 46.5. The Bertz CT molecular complexity index is 957. The molecule has 0 radical (unpaired) electrons. The first-order valence-electron chi connectivity index (χ1n) is 10.2. The lowest BCUT2D eigenvalue weighted by molar-refractivity contribution is -0.384. The second-order valence-corrected chi connectivity index (χ2v) is 7.13. The van der Waals surface area contributed by atoms with Gasteiger partial charge in [-0.1, -0.05) is 38.3 Å². The quantitative estimate of drug-likeness (QED) is 0.128. The molecule has 2 rings (SSSR count). The summed E-state index contributed by atoms with van der Waals surface area (Å²) in [7, 11) is 0. The van der Waals surface area contributed by atoms with Crippen molar-refractivity contribution in [2.75, 3.05) is 6.67 Å². The van der Waals surface area contributed by atoms with Gasteiger partial charge in [-0.25, -0.2) is 5.48 Å². The lowest BCUT2D eigenvalue weighted by atomic mass is 9.96. The highest BCUT2D eigenvalue weighted by atomic mass is 16.6. The monoisotopic (exact) mass is 446 g/mol. The van der Waals surface area contributed by atoms with Crippen LogP contribution in [0, 0.1) is 16.0 Å². The van der Waals surface area contributed by atoms with Gasteiger partial charge in [0, 0.05) is 30.0 Å². The molecule has 32 heavy (non-hydrogen) atoms. The maximum atomic E-state index is 12.4. The second-order valence-electron chi connectivity index (χ2n) is 7.13. The van der Waals surface area contributed by atoms with Gasteiger partial charge in [0.25, 0.3) is 11.6 Å². The van der Waals surface area contributed by atoms with Crippen molar-refractivity contribution < 1.29 is 28.9 Å². The Hall–Kier alpha value is -3.73. The van der Waals surface area contributed by atoms with Gasteiger partial charge in [-0.2, -0.15) is 0 Å². The number of nitro groups is 1. The summed E-state index contributed by atoms with van der Waals surface area (Å²) in [6, 6.07) is 8.76. The highest BCUT2D eigenvalue weighted by Crippen LogP contribution is 2.25. The smallest absolute Gasteiger partial charge is 0.288 e. The molecule has 0 aliphatic carbocycles. The SMILES string of the molecule is CCCCC[C@H](CC(=O)NO)C(=O)NCNC(=O)c1ccc(-c2cccc([N+](=O)[O-])c2)o1. The van der Waals surface area contributed by atoms with E-state index in [1.54, 1.807) is 6.07 Å². The fraction of sp³-hybridized carbons (Fsp3) is 0.381. The van der Waals surface area contributed by atoms with Crippen LogP contribution in [0.3, 0.4) is 0 Å². The second kappa shape index (κ2) is 12.2. The fourth-order valence-electron chi connectivity index (χ4n) is 3.07. The summed E-state index contributed by atoms with van der Waals surface area (Å²) in [5.74, 6) is -2.03. The number of nitrogens with one attached hydrogen (secondary N) is 3. The van der Waals surface area contributed by atoms with Gasteiger partial charge >= 0.3 is 0 Å². The van der Waals surface area contributed by atoms with E-state index >= 15 is 0 Å². The number of nitro benzene ring substituents is 1. The van der Waals surface area contributed by atoms with E-state index in [4.69, 9.17) is 9.62 Å². The molecule has 11 nitrogen and oxygen atoms in total. The van der Waals surface area contributed by atoms with Crippen molar-refractivity contribution in [3.05, 3.63) is 52.3 Å². The standard InChI is InChI=1S/C21H26N4O7/c1-2-3-4-6-15(12-19(26)24-29)20(27)22-13-23-21(28)18-10-9-17(32-18)14-7-5-8-16(11-14)25(30)31/h5,7-11,15,29H,2-4,6,12-13H2,1H3,(H,22,27)(H,23,28)(H,24,26)/t15-/m1/s1. The first-order chi connectivity index (χ1) is 15.3. The molecule has 0 aliphatic heterocycles.